The van der Waals surface area contributed by atoms with Crippen LogP contribution in [-0.2, 0) is 0 Å². The molecule has 0 amide bonds. The minimum Gasteiger partial charge on any atom is -0.378 e. The lowest BCUT2D eigenvalue weighted by Gasteiger charge is -2.44. The van der Waals surface area contributed by atoms with Crippen LogP contribution in [0.3, 0.4) is 0 Å². The van der Waals surface area contributed by atoms with Gasteiger partial charge in [0.15, 0.2) is 0 Å². The van der Waals surface area contributed by atoms with Gasteiger partial charge in [-0.2, -0.15) is 0 Å². The third-order valence-electron chi connectivity index (χ3n) is 4.24. The van der Waals surface area contributed by atoms with Gasteiger partial charge in [0.25, 0.3) is 0 Å². The fraction of sp³-hybridized carbons (Fsp3) is 0.444. The van der Waals surface area contributed by atoms with Gasteiger partial charge in [-0.25, -0.2) is 0 Å². The van der Waals surface area contributed by atoms with Crippen LogP contribution >= 0.6 is 0 Å². The first-order chi connectivity index (χ1) is 9.41. The van der Waals surface area contributed by atoms with E-state index in [1.165, 1.54) is 5.70 Å². The first-order valence-corrected chi connectivity index (χ1v) is 7.39. The maximum Gasteiger partial charge on any atom is 0.0541 e. The molecule has 0 saturated heterocycles. The van der Waals surface area contributed by atoms with Crippen LogP contribution in [0.5, 0.6) is 0 Å². The summed E-state index contributed by atoms with van der Waals surface area (Å²) in [5.41, 5.74) is 2.22. The van der Waals surface area contributed by atoms with E-state index in [-0.39, 0.29) is 11.1 Å². The van der Waals surface area contributed by atoms with Gasteiger partial charge in [0.1, 0.15) is 0 Å². The summed E-state index contributed by atoms with van der Waals surface area (Å²) in [4.78, 5) is 0. The van der Waals surface area contributed by atoms with E-state index in [0.29, 0.717) is 0 Å². The molecular formula is C18H26N2. The number of benzene rings is 1. The molecule has 0 atom stereocenters. The number of hydrogen-bond acceptors (Lipinski definition) is 2. The summed E-state index contributed by atoms with van der Waals surface area (Å²) in [7, 11) is 0. The van der Waals surface area contributed by atoms with E-state index < -0.39 is 0 Å². The van der Waals surface area contributed by atoms with Crippen LogP contribution < -0.4 is 10.6 Å². The van der Waals surface area contributed by atoms with Crippen molar-refractivity contribution in [1.82, 2.24) is 5.32 Å². The Balaban J connectivity index is 2.10. The molecule has 0 fully saturated rings. The lowest BCUT2D eigenvalue weighted by atomic mass is 9.81. The van der Waals surface area contributed by atoms with Gasteiger partial charge in [0.05, 0.1) is 11.1 Å². The standard InChI is InChI=1S/C18H26N2/c1-17(2,19-15-11-7-5-8-12-15)18(3,4)20-16-13-9-6-10-14-16/h5,7-9,11-14,19-20H,6,10H2,1-4H3. The summed E-state index contributed by atoms with van der Waals surface area (Å²) in [6.45, 7) is 8.96. The smallest absolute Gasteiger partial charge is 0.0541 e. The fourth-order valence-corrected chi connectivity index (χ4v) is 2.26. The Bertz CT molecular complexity index is 495. The van der Waals surface area contributed by atoms with E-state index in [1.54, 1.807) is 0 Å². The average molecular weight is 270 g/mol. The molecule has 1 aliphatic carbocycles. The van der Waals surface area contributed by atoms with Crippen molar-refractivity contribution in [3.63, 3.8) is 0 Å². The van der Waals surface area contributed by atoms with Gasteiger partial charge in [-0.3, -0.25) is 0 Å². The number of allylic oxidation sites excluding steroid dienone is 3. The lowest BCUT2D eigenvalue weighted by molar-refractivity contribution is 0.286. The van der Waals surface area contributed by atoms with Gasteiger partial charge in [-0.05, 0) is 58.7 Å². The Labute approximate surface area is 123 Å². The molecule has 2 rings (SSSR count). The third kappa shape index (κ3) is 3.44. The molecule has 0 aromatic heterocycles. The molecule has 1 aromatic rings. The lowest BCUT2D eigenvalue weighted by Crippen LogP contribution is -2.59. The van der Waals surface area contributed by atoms with Crippen LogP contribution in [0.4, 0.5) is 5.69 Å². The molecular weight excluding hydrogens is 244 g/mol. The van der Waals surface area contributed by atoms with E-state index in [0.717, 1.165) is 18.5 Å². The zero-order chi connectivity index (χ0) is 14.6. The summed E-state index contributed by atoms with van der Waals surface area (Å²) < 4.78 is 0. The highest BCUT2D eigenvalue weighted by atomic mass is 15.1. The first-order valence-electron chi connectivity index (χ1n) is 7.39. The Morgan fingerprint density at radius 2 is 1.50 bits per heavy atom. The van der Waals surface area contributed by atoms with Crippen LogP contribution in [0.2, 0.25) is 0 Å². The van der Waals surface area contributed by atoms with Crippen LogP contribution in [0.1, 0.15) is 40.5 Å². The summed E-state index contributed by atoms with van der Waals surface area (Å²) >= 11 is 0. The van der Waals surface area contributed by atoms with Crippen molar-refractivity contribution in [3.8, 4) is 0 Å². The molecule has 0 heterocycles. The summed E-state index contributed by atoms with van der Waals surface area (Å²) in [6, 6.07) is 10.4. The second-order valence-electron chi connectivity index (χ2n) is 6.51. The normalized spacial score (nSPS) is 15.7. The Morgan fingerprint density at radius 1 is 0.850 bits per heavy atom. The maximum atomic E-state index is 3.67. The van der Waals surface area contributed by atoms with Crippen LogP contribution in [0.25, 0.3) is 0 Å². The molecule has 1 aliphatic rings. The maximum absolute atomic E-state index is 3.67. The second kappa shape index (κ2) is 5.74. The van der Waals surface area contributed by atoms with Gasteiger partial charge in [0, 0.05) is 11.4 Å². The molecule has 20 heavy (non-hydrogen) atoms. The van der Waals surface area contributed by atoms with E-state index in [1.807, 2.05) is 6.07 Å². The van der Waals surface area contributed by atoms with Crippen molar-refractivity contribution in [2.75, 3.05) is 5.32 Å². The first kappa shape index (κ1) is 14.7. The molecule has 2 N–H and O–H groups in total. The molecule has 0 saturated carbocycles. The van der Waals surface area contributed by atoms with E-state index in [4.69, 9.17) is 0 Å². The molecule has 0 unspecified atom stereocenters. The van der Waals surface area contributed by atoms with Crippen LogP contribution in [0.15, 0.2) is 54.3 Å². The minimum atomic E-state index is -0.0829. The summed E-state index contributed by atoms with van der Waals surface area (Å²) in [5.74, 6) is 0. The van der Waals surface area contributed by atoms with E-state index in [9.17, 15) is 0 Å². The molecule has 2 nitrogen and oxygen atoms in total. The van der Waals surface area contributed by atoms with Crippen molar-refractivity contribution in [2.45, 2.75) is 51.6 Å². The highest BCUT2D eigenvalue weighted by Gasteiger charge is 2.37. The van der Waals surface area contributed by atoms with Gasteiger partial charge < -0.3 is 10.6 Å². The van der Waals surface area contributed by atoms with Crippen LogP contribution in [-0.4, -0.2) is 11.1 Å². The van der Waals surface area contributed by atoms with Gasteiger partial charge in [0.2, 0.25) is 0 Å². The Kier molecular flexibility index (Phi) is 4.22. The van der Waals surface area contributed by atoms with Crippen molar-refractivity contribution >= 4 is 5.69 Å². The fourth-order valence-electron chi connectivity index (χ4n) is 2.26. The largest absolute Gasteiger partial charge is 0.378 e. The SMILES string of the molecule is CC(C)(NC1=CCCC=C1)C(C)(C)Nc1ccccc1. The highest BCUT2D eigenvalue weighted by molar-refractivity contribution is 5.46. The molecule has 108 valence electrons. The molecule has 2 heteroatoms. The molecule has 0 radical (unpaired) electrons. The minimum absolute atomic E-state index is 0.0731. The van der Waals surface area contributed by atoms with Crippen LogP contribution in [0, 0.1) is 0 Å². The van der Waals surface area contributed by atoms with Crippen molar-refractivity contribution in [2.24, 2.45) is 0 Å². The van der Waals surface area contributed by atoms with Gasteiger partial charge >= 0.3 is 0 Å². The van der Waals surface area contributed by atoms with Gasteiger partial charge in [-0.15, -0.1) is 0 Å². The number of rotatable bonds is 5. The predicted octanol–water partition coefficient (Wildman–Crippen LogP) is 4.48. The van der Waals surface area contributed by atoms with E-state index >= 15 is 0 Å². The number of anilines is 1. The van der Waals surface area contributed by atoms with Crippen molar-refractivity contribution in [1.29, 1.82) is 0 Å². The monoisotopic (exact) mass is 270 g/mol. The zero-order valence-electron chi connectivity index (χ0n) is 13.0. The summed E-state index contributed by atoms with van der Waals surface area (Å²) in [6.07, 6.45) is 8.97. The molecule has 0 aliphatic heterocycles. The van der Waals surface area contributed by atoms with Gasteiger partial charge in [-0.1, -0.05) is 30.4 Å². The molecule has 0 bridgehead atoms. The Hall–Kier alpha value is -1.70. The summed E-state index contributed by atoms with van der Waals surface area (Å²) in [5, 5.41) is 7.30. The Morgan fingerprint density at radius 3 is 2.10 bits per heavy atom. The number of nitrogens with one attached hydrogen (secondary N) is 2. The molecule has 1 aromatic carbocycles. The average Bonchev–Trinajstić information content (AvgIpc) is 2.40. The van der Waals surface area contributed by atoms with Crippen molar-refractivity contribution < 1.29 is 0 Å². The topological polar surface area (TPSA) is 24.1 Å². The second-order valence-corrected chi connectivity index (χ2v) is 6.51. The van der Waals surface area contributed by atoms with Crippen molar-refractivity contribution in [3.05, 3.63) is 54.3 Å². The number of hydrogen-bond donors (Lipinski definition) is 2. The highest BCUT2D eigenvalue weighted by Crippen LogP contribution is 2.27. The third-order valence-corrected chi connectivity index (χ3v) is 4.24. The molecule has 0 spiro atoms. The number of para-hydroxylation sites is 1. The quantitative estimate of drug-likeness (QED) is 0.824. The van der Waals surface area contributed by atoms with E-state index in [2.05, 4.69) is 80.8 Å². The zero-order valence-corrected chi connectivity index (χ0v) is 13.0. The predicted molar refractivity (Wildman–Crippen MR) is 87.8 cm³/mol.